The Balaban J connectivity index is 2.50. The molecular weight excluding hydrogens is 434 g/mol. The van der Waals surface area contributed by atoms with Crippen LogP contribution in [0, 0.1) is 4.77 Å². The van der Waals surface area contributed by atoms with Crippen LogP contribution in [0.5, 0.6) is 0 Å². The monoisotopic (exact) mass is 447 g/mol. The van der Waals surface area contributed by atoms with E-state index in [4.69, 9.17) is 35.4 Å². The van der Waals surface area contributed by atoms with Crippen molar-refractivity contribution in [3.05, 3.63) is 55.0 Å². The maximum atomic E-state index is 13.8. The molecule has 0 aliphatic heterocycles. The number of benzene rings is 1. The van der Waals surface area contributed by atoms with E-state index in [1.54, 1.807) is 6.92 Å². The van der Waals surface area contributed by atoms with Crippen LogP contribution in [-0.4, -0.2) is 14.5 Å². The molecule has 3 aromatic rings. The van der Waals surface area contributed by atoms with E-state index in [1.165, 1.54) is 22.8 Å². The van der Waals surface area contributed by atoms with Gasteiger partial charge >= 0.3 is 6.18 Å². The highest BCUT2D eigenvalue weighted by Crippen LogP contribution is 2.37. The second-order valence-corrected chi connectivity index (χ2v) is 7.47. The van der Waals surface area contributed by atoms with Crippen molar-refractivity contribution in [1.82, 2.24) is 14.5 Å². The summed E-state index contributed by atoms with van der Waals surface area (Å²) in [7, 11) is 0. The summed E-state index contributed by atoms with van der Waals surface area (Å²) >= 11 is 17.1. The van der Waals surface area contributed by atoms with Crippen LogP contribution in [-0.2, 0) is 6.18 Å². The highest BCUT2D eigenvalue weighted by Gasteiger charge is 2.35. The molecule has 0 saturated heterocycles. The Bertz CT molecular complexity index is 1190. The van der Waals surface area contributed by atoms with E-state index in [-0.39, 0.29) is 32.2 Å². The predicted molar refractivity (Wildman–Crippen MR) is 107 cm³/mol. The largest absolute Gasteiger partial charge is 0.417 e. The maximum Gasteiger partial charge on any atom is 0.417 e. The first-order valence-corrected chi connectivity index (χ1v) is 9.43. The first kappa shape index (κ1) is 20.8. The zero-order chi connectivity index (χ0) is 20.8. The molecule has 0 aliphatic rings. The first-order chi connectivity index (χ1) is 13.0. The number of pyridine rings is 1. The number of alkyl halides is 3. The minimum absolute atomic E-state index is 0.00967. The Morgan fingerprint density at radius 3 is 2.50 bits per heavy atom. The summed E-state index contributed by atoms with van der Waals surface area (Å²) in [4.78, 5) is 19.0. The summed E-state index contributed by atoms with van der Waals surface area (Å²) in [6, 6.07) is 4.97. The van der Waals surface area contributed by atoms with Gasteiger partial charge in [0.25, 0.3) is 5.56 Å². The van der Waals surface area contributed by atoms with Gasteiger partial charge in [0.1, 0.15) is 5.65 Å². The molecule has 10 heteroatoms. The highest BCUT2D eigenvalue weighted by atomic mass is 35.5. The molecule has 0 spiro atoms. The van der Waals surface area contributed by atoms with Crippen molar-refractivity contribution in [1.29, 1.82) is 0 Å². The number of nitrogens with one attached hydrogen (secondary N) is 1. The molecule has 1 aromatic carbocycles. The zero-order valence-electron chi connectivity index (χ0n) is 14.7. The number of H-pyrrole nitrogens is 1. The summed E-state index contributed by atoms with van der Waals surface area (Å²) in [5.74, 6) is 0. The Labute approximate surface area is 172 Å². The molecule has 0 saturated carbocycles. The molecule has 0 amide bonds. The van der Waals surface area contributed by atoms with E-state index in [0.29, 0.717) is 12.0 Å². The van der Waals surface area contributed by atoms with Crippen LogP contribution in [0.2, 0.25) is 10.0 Å². The van der Waals surface area contributed by atoms with Crippen molar-refractivity contribution >= 4 is 46.5 Å². The van der Waals surface area contributed by atoms with Gasteiger partial charge in [0.2, 0.25) is 0 Å². The van der Waals surface area contributed by atoms with Gasteiger partial charge in [-0.2, -0.15) is 13.2 Å². The van der Waals surface area contributed by atoms with E-state index in [2.05, 4.69) is 9.97 Å². The van der Waals surface area contributed by atoms with Crippen LogP contribution in [0.15, 0.2) is 29.1 Å². The van der Waals surface area contributed by atoms with Crippen molar-refractivity contribution in [3.8, 4) is 11.3 Å². The Hall–Kier alpha value is -1.90. The number of aromatic amines is 1. The Morgan fingerprint density at radius 2 is 1.93 bits per heavy atom. The fourth-order valence-electron chi connectivity index (χ4n) is 2.86. The first-order valence-electron chi connectivity index (χ1n) is 8.26. The lowest BCUT2D eigenvalue weighted by molar-refractivity contribution is -0.136. The molecule has 28 heavy (non-hydrogen) atoms. The lowest BCUT2D eigenvalue weighted by Gasteiger charge is -2.19. The quantitative estimate of drug-likeness (QED) is 0.471. The Kier molecular flexibility index (Phi) is 5.58. The maximum absolute atomic E-state index is 13.8. The summed E-state index contributed by atoms with van der Waals surface area (Å²) < 4.78 is 42.8. The van der Waals surface area contributed by atoms with Crippen LogP contribution in [0.3, 0.4) is 0 Å². The summed E-state index contributed by atoms with van der Waals surface area (Å²) in [5.41, 5.74) is -1.80. The average molecular weight is 448 g/mol. The number of hydrogen-bond donors (Lipinski definition) is 1. The van der Waals surface area contributed by atoms with Gasteiger partial charge in [-0.25, -0.2) is 4.98 Å². The van der Waals surface area contributed by atoms with Crippen LogP contribution in [0.1, 0.15) is 31.9 Å². The van der Waals surface area contributed by atoms with Crippen molar-refractivity contribution in [2.75, 3.05) is 0 Å². The molecule has 0 radical (unpaired) electrons. The van der Waals surface area contributed by atoms with Crippen molar-refractivity contribution in [2.24, 2.45) is 0 Å². The van der Waals surface area contributed by atoms with Crippen molar-refractivity contribution in [2.45, 2.75) is 32.5 Å². The van der Waals surface area contributed by atoms with Crippen LogP contribution in [0.4, 0.5) is 13.2 Å². The summed E-state index contributed by atoms with van der Waals surface area (Å²) in [5, 5.41) is -0.106. The molecule has 2 aromatic heterocycles. The van der Waals surface area contributed by atoms with Gasteiger partial charge in [-0.1, -0.05) is 36.2 Å². The number of rotatable bonds is 3. The van der Waals surface area contributed by atoms with Gasteiger partial charge in [-0.05, 0) is 43.8 Å². The third-order valence-corrected chi connectivity index (χ3v) is 5.49. The van der Waals surface area contributed by atoms with Gasteiger partial charge in [0.05, 0.1) is 26.7 Å². The molecular formula is C18H14Cl2F3N3OS. The topological polar surface area (TPSA) is 50.7 Å². The molecule has 0 fully saturated rings. The number of fused-ring (bicyclic) bond motifs is 1. The normalized spacial score (nSPS) is 13.1. The van der Waals surface area contributed by atoms with E-state index in [1.807, 2.05) is 6.92 Å². The van der Waals surface area contributed by atoms with E-state index < -0.39 is 22.7 Å². The number of nitrogens with zero attached hydrogens (tertiary/aromatic N) is 2. The predicted octanol–water partition coefficient (Wildman–Crippen LogP) is 6.42. The molecule has 1 N–H and O–H groups in total. The van der Waals surface area contributed by atoms with Crippen molar-refractivity contribution in [3.63, 3.8) is 0 Å². The van der Waals surface area contributed by atoms with Gasteiger partial charge in [-0.15, -0.1) is 0 Å². The molecule has 0 bridgehead atoms. The van der Waals surface area contributed by atoms with Gasteiger partial charge in [0.15, 0.2) is 4.77 Å². The molecule has 1 unspecified atom stereocenters. The minimum Gasteiger partial charge on any atom is -0.300 e. The van der Waals surface area contributed by atoms with Crippen molar-refractivity contribution < 1.29 is 13.2 Å². The number of hydrogen-bond acceptors (Lipinski definition) is 3. The van der Waals surface area contributed by atoms with Gasteiger partial charge < -0.3 is 0 Å². The second-order valence-electron chi connectivity index (χ2n) is 6.27. The zero-order valence-corrected chi connectivity index (χ0v) is 17.0. The fourth-order valence-corrected chi connectivity index (χ4v) is 3.52. The molecule has 3 rings (SSSR count). The third-order valence-electron chi connectivity index (χ3n) is 4.45. The lowest BCUT2D eigenvalue weighted by atomic mass is 10.1. The second kappa shape index (κ2) is 7.50. The summed E-state index contributed by atoms with van der Waals surface area (Å²) in [6.07, 6.45) is -4.19. The van der Waals surface area contributed by atoms with E-state index >= 15 is 0 Å². The summed E-state index contributed by atoms with van der Waals surface area (Å²) in [6.45, 7) is 3.64. The van der Waals surface area contributed by atoms with Gasteiger partial charge in [-0.3, -0.25) is 14.3 Å². The molecule has 4 nitrogen and oxygen atoms in total. The average Bonchev–Trinajstić information content (AvgIpc) is 2.61. The molecule has 1 atom stereocenters. The van der Waals surface area contributed by atoms with Gasteiger partial charge in [0, 0.05) is 11.6 Å². The van der Waals surface area contributed by atoms with Crippen LogP contribution < -0.4 is 5.56 Å². The molecule has 0 aliphatic carbocycles. The third kappa shape index (κ3) is 3.68. The number of halogens is 5. The SMILES string of the molecule is CCC(C)n1c(=S)[nH]c(=O)c2c(C(F)(F)F)cc(-c3ccc(Cl)c(Cl)c3)nc21. The molecule has 148 valence electrons. The lowest BCUT2D eigenvalue weighted by Crippen LogP contribution is -2.22. The standard InChI is InChI=1S/C18H14Cl2F3N3OS/c1-3-8(2)26-15-14(16(27)25-17(26)28)10(18(21,22)23)7-13(24-15)9-4-5-11(19)12(20)6-9/h4-8H,3H2,1-2H3,(H,25,27,28). The minimum atomic E-state index is -4.77. The fraction of sp³-hybridized carbons (Fsp3) is 0.278. The number of aromatic nitrogens is 3. The Morgan fingerprint density at radius 1 is 1.25 bits per heavy atom. The van der Waals surface area contributed by atoms with Crippen LogP contribution in [0.25, 0.3) is 22.3 Å². The molecule has 2 heterocycles. The van der Waals surface area contributed by atoms with E-state index in [9.17, 15) is 18.0 Å². The van der Waals surface area contributed by atoms with Crippen LogP contribution >= 0.6 is 35.4 Å². The van der Waals surface area contributed by atoms with E-state index in [0.717, 1.165) is 6.07 Å². The highest BCUT2D eigenvalue weighted by molar-refractivity contribution is 7.71. The smallest absolute Gasteiger partial charge is 0.300 e.